The van der Waals surface area contributed by atoms with E-state index in [1.165, 1.54) is 5.56 Å². The molecule has 0 unspecified atom stereocenters. The smallest absolute Gasteiger partial charge is 0.305 e. The van der Waals surface area contributed by atoms with Gasteiger partial charge in [-0.3, -0.25) is 4.79 Å². The number of rotatable bonds is 7. The molecule has 0 spiro atoms. The quantitative estimate of drug-likeness (QED) is 0.674. The van der Waals surface area contributed by atoms with E-state index in [0.717, 1.165) is 19.3 Å². The van der Waals surface area contributed by atoms with Gasteiger partial charge in [0.2, 0.25) is 0 Å². The predicted molar refractivity (Wildman–Crippen MR) is 69.8 cm³/mol. The van der Waals surface area contributed by atoms with E-state index in [4.69, 9.17) is 4.74 Å². The number of benzene rings is 1. The maximum absolute atomic E-state index is 11.4. The van der Waals surface area contributed by atoms with Gasteiger partial charge in [-0.2, -0.15) is 0 Å². The van der Waals surface area contributed by atoms with Crippen molar-refractivity contribution < 1.29 is 9.53 Å². The number of carbonyl (C=O) groups is 1. The second kappa shape index (κ2) is 7.88. The Hall–Kier alpha value is -1.31. The van der Waals surface area contributed by atoms with E-state index in [2.05, 4.69) is 26.0 Å². The van der Waals surface area contributed by atoms with E-state index < -0.39 is 0 Å². The molecule has 0 heterocycles. The van der Waals surface area contributed by atoms with Crippen LogP contribution >= 0.6 is 0 Å². The first-order valence-electron chi connectivity index (χ1n) is 6.38. The van der Waals surface area contributed by atoms with E-state index >= 15 is 0 Å². The Morgan fingerprint density at radius 2 is 1.94 bits per heavy atom. The van der Waals surface area contributed by atoms with Gasteiger partial charge >= 0.3 is 5.97 Å². The molecule has 17 heavy (non-hydrogen) atoms. The summed E-state index contributed by atoms with van der Waals surface area (Å²) in [6.07, 6.45) is 3.28. The fourth-order valence-corrected chi connectivity index (χ4v) is 1.56. The van der Waals surface area contributed by atoms with Crippen molar-refractivity contribution in [3.8, 4) is 0 Å². The molecule has 0 fully saturated rings. The van der Waals surface area contributed by atoms with Crippen LogP contribution in [0.15, 0.2) is 30.3 Å². The van der Waals surface area contributed by atoms with Gasteiger partial charge in [0.15, 0.2) is 0 Å². The first-order chi connectivity index (χ1) is 8.18. The fraction of sp³-hybridized carbons (Fsp3) is 0.533. The predicted octanol–water partition coefficient (Wildman–Crippen LogP) is 3.60. The zero-order chi connectivity index (χ0) is 12.5. The van der Waals surface area contributed by atoms with E-state index in [9.17, 15) is 4.79 Å². The average molecular weight is 234 g/mol. The SMILES string of the molecule is CC(C)CCOC(=O)CCCc1ccccc1. The second-order valence-corrected chi connectivity index (χ2v) is 4.74. The van der Waals surface area contributed by atoms with Crippen LogP contribution in [-0.4, -0.2) is 12.6 Å². The maximum Gasteiger partial charge on any atom is 0.305 e. The van der Waals surface area contributed by atoms with Crippen molar-refractivity contribution in [3.63, 3.8) is 0 Å². The van der Waals surface area contributed by atoms with Crippen LogP contribution in [0, 0.1) is 5.92 Å². The average Bonchev–Trinajstić information content (AvgIpc) is 2.30. The highest BCUT2D eigenvalue weighted by Crippen LogP contribution is 2.06. The van der Waals surface area contributed by atoms with Crippen LogP contribution in [0.5, 0.6) is 0 Å². The summed E-state index contributed by atoms with van der Waals surface area (Å²) in [5.74, 6) is 0.522. The molecule has 0 atom stereocenters. The van der Waals surface area contributed by atoms with Crippen LogP contribution < -0.4 is 0 Å². The molecule has 0 aromatic heterocycles. The molecular weight excluding hydrogens is 212 g/mol. The third kappa shape index (κ3) is 6.77. The Morgan fingerprint density at radius 3 is 2.59 bits per heavy atom. The Balaban J connectivity index is 2.08. The molecule has 0 aliphatic rings. The lowest BCUT2D eigenvalue weighted by atomic mass is 10.1. The van der Waals surface area contributed by atoms with Gasteiger partial charge < -0.3 is 4.74 Å². The molecule has 0 bridgehead atoms. The molecular formula is C15H22O2. The van der Waals surface area contributed by atoms with Gasteiger partial charge in [0.1, 0.15) is 0 Å². The van der Waals surface area contributed by atoms with Crippen molar-refractivity contribution in [2.45, 2.75) is 39.5 Å². The van der Waals surface area contributed by atoms with E-state index in [1.807, 2.05) is 18.2 Å². The summed E-state index contributed by atoms with van der Waals surface area (Å²) >= 11 is 0. The first-order valence-corrected chi connectivity index (χ1v) is 6.38. The molecule has 1 rings (SSSR count). The molecule has 1 aromatic rings. The molecule has 0 radical (unpaired) electrons. The summed E-state index contributed by atoms with van der Waals surface area (Å²) in [4.78, 5) is 11.4. The van der Waals surface area contributed by atoms with E-state index in [0.29, 0.717) is 18.9 Å². The zero-order valence-corrected chi connectivity index (χ0v) is 10.8. The number of hydrogen-bond acceptors (Lipinski definition) is 2. The Bertz CT molecular complexity index is 317. The number of esters is 1. The molecule has 2 nitrogen and oxygen atoms in total. The van der Waals surface area contributed by atoms with Gasteiger partial charge in [0, 0.05) is 6.42 Å². The van der Waals surface area contributed by atoms with Gasteiger partial charge in [-0.05, 0) is 30.7 Å². The molecule has 0 amide bonds. The molecule has 0 aliphatic heterocycles. The monoisotopic (exact) mass is 234 g/mol. The fourth-order valence-electron chi connectivity index (χ4n) is 1.56. The lowest BCUT2D eigenvalue weighted by molar-refractivity contribution is -0.144. The Morgan fingerprint density at radius 1 is 1.24 bits per heavy atom. The lowest BCUT2D eigenvalue weighted by Gasteiger charge is -2.06. The van der Waals surface area contributed by atoms with Crippen molar-refractivity contribution in [3.05, 3.63) is 35.9 Å². The second-order valence-electron chi connectivity index (χ2n) is 4.74. The Labute approximate surface area is 104 Å². The van der Waals surface area contributed by atoms with E-state index in [1.54, 1.807) is 0 Å². The van der Waals surface area contributed by atoms with Crippen LogP contribution in [0.25, 0.3) is 0 Å². The third-order valence-corrected chi connectivity index (χ3v) is 2.65. The summed E-state index contributed by atoms with van der Waals surface area (Å²) in [5, 5.41) is 0. The zero-order valence-electron chi connectivity index (χ0n) is 10.8. The Kier molecular flexibility index (Phi) is 6.38. The van der Waals surface area contributed by atoms with Crippen molar-refractivity contribution in [2.24, 2.45) is 5.92 Å². The van der Waals surface area contributed by atoms with Crippen molar-refractivity contribution in [1.29, 1.82) is 0 Å². The normalized spacial score (nSPS) is 10.5. The number of carbonyl (C=O) groups excluding carboxylic acids is 1. The first kappa shape index (κ1) is 13.8. The largest absolute Gasteiger partial charge is 0.466 e. The summed E-state index contributed by atoms with van der Waals surface area (Å²) in [7, 11) is 0. The van der Waals surface area contributed by atoms with Gasteiger partial charge in [0.25, 0.3) is 0 Å². The van der Waals surface area contributed by atoms with Crippen molar-refractivity contribution >= 4 is 5.97 Å². The molecule has 0 saturated heterocycles. The third-order valence-electron chi connectivity index (χ3n) is 2.65. The van der Waals surface area contributed by atoms with Crippen LogP contribution in [-0.2, 0) is 16.0 Å². The topological polar surface area (TPSA) is 26.3 Å². The molecule has 0 N–H and O–H groups in total. The van der Waals surface area contributed by atoms with Gasteiger partial charge in [0.05, 0.1) is 6.61 Å². The highest BCUT2D eigenvalue weighted by atomic mass is 16.5. The van der Waals surface area contributed by atoms with Gasteiger partial charge in [-0.1, -0.05) is 44.2 Å². The lowest BCUT2D eigenvalue weighted by Crippen LogP contribution is -2.07. The van der Waals surface area contributed by atoms with Crippen molar-refractivity contribution in [2.75, 3.05) is 6.61 Å². The highest BCUT2D eigenvalue weighted by molar-refractivity contribution is 5.69. The summed E-state index contributed by atoms with van der Waals surface area (Å²) in [5.41, 5.74) is 1.28. The minimum Gasteiger partial charge on any atom is -0.466 e. The molecule has 1 aromatic carbocycles. The molecule has 0 saturated carbocycles. The molecule has 0 aliphatic carbocycles. The maximum atomic E-state index is 11.4. The highest BCUT2D eigenvalue weighted by Gasteiger charge is 2.03. The van der Waals surface area contributed by atoms with Crippen LogP contribution in [0.3, 0.4) is 0 Å². The molecule has 2 heteroatoms. The van der Waals surface area contributed by atoms with Crippen LogP contribution in [0.2, 0.25) is 0 Å². The summed E-state index contributed by atoms with van der Waals surface area (Å²) in [6.45, 7) is 4.81. The van der Waals surface area contributed by atoms with Gasteiger partial charge in [-0.25, -0.2) is 0 Å². The van der Waals surface area contributed by atoms with E-state index in [-0.39, 0.29) is 5.97 Å². The molecule has 94 valence electrons. The van der Waals surface area contributed by atoms with Crippen molar-refractivity contribution in [1.82, 2.24) is 0 Å². The summed E-state index contributed by atoms with van der Waals surface area (Å²) < 4.78 is 5.15. The number of hydrogen-bond donors (Lipinski definition) is 0. The number of ether oxygens (including phenoxy) is 1. The standard InChI is InChI=1S/C15H22O2/c1-13(2)11-12-17-15(16)10-6-9-14-7-4-3-5-8-14/h3-5,7-8,13H,6,9-12H2,1-2H3. The summed E-state index contributed by atoms with van der Waals surface area (Å²) in [6, 6.07) is 10.2. The van der Waals surface area contributed by atoms with Crippen LogP contribution in [0.1, 0.15) is 38.7 Å². The minimum atomic E-state index is -0.0680. The minimum absolute atomic E-state index is 0.0680. The van der Waals surface area contributed by atoms with Gasteiger partial charge in [-0.15, -0.1) is 0 Å². The number of aryl methyl sites for hydroxylation is 1. The van der Waals surface area contributed by atoms with Crippen LogP contribution in [0.4, 0.5) is 0 Å².